The third kappa shape index (κ3) is 66.8. The summed E-state index contributed by atoms with van der Waals surface area (Å²) in [5, 5.41) is 32.6. The maximum absolute atomic E-state index is 8.93. The molecule has 4 N–H and O–H groups in total. The molecule has 0 aromatic carbocycles. The van der Waals surface area contributed by atoms with Crippen molar-refractivity contribution < 1.29 is 24.9 Å². The molecule has 0 radical (unpaired) electrons. The molecule has 0 rings (SSSR count). The molecule has 0 fully saturated rings. The summed E-state index contributed by atoms with van der Waals surface area (Å²) in [5.41, 5.74) is 0. The van der Waals surface area contributed by atoms with Gasteiger partial charge in [0.25, 0.3) is 0 Å². The molecular formula is C2H4MgN2O7. The Morgan fingerprint density at radius 3 is 1.08 bits per heavy atom. The summed E-state index contributed by atoms with van der Waals surface area (Å²) < 4.78 is 0. The first-order valence-electron chi connectivity index (χ1n) is 1.61. The molecule has 0 saturated carbocycles. The number of quaternary nitrogens is 1. The van der Waals surface area contributed by atoms with Crippen molar-refractivity contribution in [3.05, 3.63) is 15.3 Å². The van der Waals surface area contributed by atoms with Crippen molar-refractivity contribution in [2.24, 2.45) is 0 Å². The van der Waals surface area contributed by atoms with Gasteiger partial charge in [-0.1, -0.05) is 0 Å². The Kier molecular flexibility index (Phi) is 23.4. The van der Waals surface area contributed by atoms with E-state index in [0.717, 1.165) is 0 Å². The minimum Gasteiger partial charge on any atom is -0.543 e. The minimum absolute atomic E-state index is 0. The van der Waals surface area contributed by atoms with E-state index in [1.807, 2.05) is 0 Å². The number of carbonyl (C=O) groups is 2. The summed E-state index contributed by atoms with van der Waals surface area (Å²) in [7, 11) is 0. The van der Waals surface area contributed by atoms with Gasteiger partial charge in [0.15, 0.2) is 0 Å². The molecule has 12 heavy (non-hydrogen) atoms. The summed E-state index contributed by atoms with van der Waals surface area (Å²) in [6.07, 6.45) is 0. The van der Waals surface area contributed by atoms with E-state index >= 15 is 0 Å². The first kappa shape index (κ1) is 22.4. The summed E-state index contributed by atoms with van der Waals surface area (Å²) in [6, 6.07) is 0. The van der Waals surface area contributed by atoms with E-state index in [1.165, 1.54) is 0 Å². The quantitative estimate of drug-likeness (QED) is 0.177. The number of carboxylic acid groups (broad SMARTS) is 2. The van der Waals surface area contributed by atoms with Gasteiger partial charge in [0.1, 0.15) is 0 Å². The van der Waals surface area contributed by atoms with Crippen molar-refractivity contribution in [2.45, 2.75) is 0 Å². The van der Waals surface area contributed by atoms with Crippen LogP contribution in [0.25, 0.3) is 0 Å². The van der Waals surface area contributed by atoms with Gasteiger partial charge in [-0.3, -0.25) is 0 Å². The predicted octanol–water partition coefficient (Wildman–Crippen LogP) is -3.76. The van der Waals surface area contributed by atoms with Gasteiger partial charge in [-0.15, -0.1) is 0 Å². The average molecular weight is 192 g/mol. The van der Waals surface area contributed by atoms with Crippen LogP contribution in [0.1, 0.15) is 0 Å². The molecule has 0 bridgehead atoms. The largest absolute Gasteiger partial charge is 2.00 e. The van der Waals surface area contributed by atoms with Gasteiger partial charge in [-0.05, 0) is 0 Å². The summed E-state index contributed by atoms with van der Waals surface area (Å²) in [4.78, 5) is 26.1. The molecule has 0 spiro atoms. The third-order valence-corrected chi connectivity index (χ3v) is 0.167. The van der Waals surface area contributed by atoms with Crippen molar-refractivity contribution in [1.82, 2.24) is 6.15 Å². The molecule has 0 aromatic rings. The fourth-order valence-corrected chi connectivity index (χ4v) is 0. The molecule has 0 aliphatic rings. The number of hydrogen-bond acceptors (Lipinski definition) is 7. The van der Waals surface area contributed by atoms with Gasteiger partial charge in [0.2, 0.25) is 0 Å². The first-order chi connectivity index (χ1) is 4.37. The van der Waals surface area contributed by atoms with E-state index in [9.17, 15) is 0 Å². The Hall–Kier alpha value is -1.13. The minimum atomic E-state index is -2.19. The van der Waals surface area contributed by atoms with Crippen LogP contribution >= 0.6 is 0 Å². The molecule has 0 aliphatic heterocycles. The van der Waals surface area contributed by atoms with Gasteiger partial charge in [0, 0.05) is 0 Å². The summed E-state index contributed by atoms with van der Waals surface area (Å²) in [5.74, 6) is -4.37. The molecule has 0 atom stereocenters. The van der Waals surface area contributed by atoms with Crippen LogP contribution in [0.5, 0.6) is 0 Å². The first-order valence-corrected chi connectivity index (χ1v) is 1.61. The van der Waals surface area contributed by atoms with Crippen LogP contribution in [0.2, 0.25) is 0 Å². The summed E-state index contributed by atoms with van der Waals surface area (Å²) in [6.45, 7) is 0. The fourth-order valence-electron chi connectivity index (χ4n) is 0. The SMILES string of the molecule is O=C([O-])C(=O)[O-].O=[N+]([O-])[O-].[Mg+2].[NH4+]. The van der Waals surface area contributed by atoms with Gasteiger partial charge >= 0.3 is 23.1 Å². The van der Waals surface area contributed by atoms with Crippen molar-refractivity contribution in [2.75, 3.05) is 0 Å². The molecule has 0 saturated heterocycles. The number of carboxylic acids is 2. The van der Waals surface area contributed by atoms with Crippen molar-refractivity contribution in [1.29, 1.82) is 0 Å². The van der Waals surface area contributed by atoms with Crippen LogP contribution in [-0.4, -0.2) is 40.1 Å². The second kappa shape index (κ2) is 12.5. The van der Waals surface area contributed by atoms with E-state index in [1.54, 1.807) is 0 Å². The zero-order chi connectivity index (χ0) is 8.73. The Bertz CT molecular complexity index is 141. The molecule has 66 valence electrons. The zero-order valence-electron chi connectivity index (χ0n) is 6.01. The van der Waals surface area contributed by atoms with Crippen molar-refractivity contribution in [3.8, 4) is 0 Å². The van der Waals surface area contributed by atoms with E-state index in [2.05, 4.69) is 0 Å². The van der Waals surface area contributed by atoms with E-state index in [0.29, 0.717) is 0 Å². The van der Waals surface area contributed by atoms with Gasteiger partial charge < -0.3 is 41.3 Å². The Morgan fingerprint density at radius 1 is 1.00 bits per heavy atom. The molecular weight excluding hydrogens is 188 g/mol. The Balaban J connectivity index is -0.0000000483. The number of rotatable bonds is 0. The molecule has 0 amide bonds. The van der Waals surface area contributed by atoms with Crippen LogP contribution < -0.4 is 16.4 Å². The maximum atomic E-state index is 8.93. The van der Waals surface area contributed by atoms with Gasteiger partial charge in [0.05, 0.1) is 17.0 Å². The molecule has 0 unspecified atom stereocenters. The monoisotopic (exact) mass is 192 g/mol. The predicted molar refractivity (Wildman–Crippen MR) is 32.1 cm³/mol. The average Bonchev–Trinajstić information content (AvgIpc) is 1.63. The van der Waals surface area contributed by atoms with Crippen molar-refractivity contribution in [3.63, 3.8) is 0 Å². The number of hydrogen-bond donors (Lipinski definition) is 1. The Morgan fingerprint density at radius 2 is 1.08 bits per heavy atom. The number of nitrogens with zero attached hydrogens (tertiary/aromatic N) is 1. The Labute approximate surface area is 81.8 Å². The second-order valence-electron chi connectivity index (χ2n) is 0.799. The normalized spacial score (nSPS) is 5.67. The standard InChI is InChI=1S/C2H2O4.Mg.NO3.H3N/c3-1(4)2(5)6;;2-1(3)4;/h(H,3,4)(H,5,6);;;1H3/q;+2;-1;/p-1. The fraction of sp³-hybridized carbons (Fsp3) is 0. The van der Waals surface area contributed by atoms with Crippen LogP contribution in [-0.2, 0) is 9.59 Å². The van der Waals surface area contributed by atoms with Crippen molar-refractivity contribution >= 4 is 35.0 Å². The van der Waals surface area contributed by atoms with Crippen LogP contribution in [0.4, 0.5) is 0 Å². The molecule has 0 heterocycles. The second-order valence-corrected chi connectivity index (χ2v) is 0.799. The number of carbonyl (C=O) groups excluding carboxylic acids is 2. The smallest absolute Gasteiger partial charge is 0.543 e. The van der Waals surface area contributed by atoms with E-state index in [4.69, 9.17) is 35.1 Å². The van der Waals surface area contributed by atoms with E-state index < -0.39 is 17.0 Å². The van der Waals surface area contributed by atoms with Crippen LogP contribution in [0.15, 0.2) is 0 Å². The van der Waals surface area contributed by atoms with Gasteiger partial charge in [-0.25, -0.2) is 0 Å². The van der Waals surface area contributed by atoms with Crippen LogP contribution in [0, 0.1) is 15.3 Å². The van der Waals surface area contributed by atoms with Gasteiger partial charge in [-0.2, -0.15) is 0 Å². The maximum Gasteiger partial charge on any atom is 2.00 e. The molecule has 0 aromatic heterocycles. The third-order valence-electron chi connectivity index (χ3n) is 0.167. The molecule has 0 aliphatic carbocycles. The summed E-state index contributed by atoms with van der Waals surface area (Å²) >= 11 is 0. The topological polar surface area (TPSA) is 183 Å². The number of aliphatic carboxylic acids is 2. The molecule has 9 nitrogen and oxygen atoms in total. The van der Waals surface area contributed by atoms with E-state index in [-0.39, 0.29) is 29.2 Å². The molecule has 10 heteroatoms. The van der Waals surface area contributed by atoms with Crippen LogP contribution in [0.3, 0.4) is 0 Å². The zero-order valence-corrected chi connectivity index (χ0v) is 7.43.